The van der Waals surface area contributed by atoms with Crippen LogP contribution in [-0.2, 0) is 25.5 Å². The van der Waals surface area contributed by atoms with Gasteiger partial charge in [0.2, 0.25) is 0 Å². The summed E-state index contributed by atoms with van der Waals surface area (Å²) >= 11 is 0. The molecule has 200 valence electrons. The number of fused-ring (bicyclic) bond motifs is 1. The molecule has 0 aliphatic carbocycles. The highest BCUT2D eigenvalue weighted by atomic mass is 16.7. The van der Waals surface area contributed by atoms with E-state index in [1.807, 2.05) is 53.4 Å². The van der Waals surface area contributed by atoms with Crippen molar-refractivity contribution in [1.29, 1.82) is 0 Å². The summed E-state index contributed by atoms with van der Waals surface area (Å²) in [6.07, 6.45) is 5.01. The Kier molecular flexibility index (Phi) is 9.05. The van der Waals surface area contributed by atoms with Crippen molar-refractivity contribution in [2.45, 2.75) is 64.3 Å². The van der Waals surface area contributed by atoms with Crippen LogP contribution in [0, 0.1) is 5.92 Å². The number of ether oxygens (including phenoxy) is 4. The van der Waals surface area contributed by atoms with Crippen LogP contribution in [0.3, 0.4) is 0 Å². The average Bonchev–Trinajstić information content (AvgIpc) is 2.90. The first-order valence-corrected chi connectivity index (χ1v) is 13.2. The molecule has 0 bridgehead atoms. The largest absolute Gasteiger partial charge is 0.493 e. The number of nitrogens with zero attached hydrogens (tertiary/aromatic N) is 1. The fourth-order valence-electron chi connectivity index (χ4n) is 4.61. The monoisotopic (exact) mass is 511 g/mol. The predicted octanol–water partition coefficient (Wildman–Crippen LogP) is 4.84. The summed E-state index contributed by atoms with van der Waals surface area (Å²) in [6, 6.07) is 15.5. The molecule has 1 amide bonds. The van der Waals surface area contributed by atoms with Gasteiger partial charge in [-0.05, 0) is 42.7 Å². The third kappa shape index (κ3) is 6.81. The van der Waals surface area contributed by atoms with Gasteiger partial charge in [0.1, 0.15) is 11.5 Å². The van der Waals surface area contributed by atoms with Gasteiger partial charge in [-0.25, -0.2) is 4.79 Å². The molecule has 8 heteroatoms. The molecule has 0 aromatic heterocycles. The topological polar surface area (TPSA) is 94.5 Å². The lowest BCUT2D eigenvalue weighted by Crippen LogP contribution is -2.48. The predicted molar refractivity (Wildman–Crippen MR) is 139 cm³/mol. The molecule has 4 rings (SSSR count). The van der Waals surface area contributed by atoms with E-state index >= 15 is 0 Å². The van der Waals surface area contributed by atoms with Gasteiger partial charge in [0.15, 0.2) is 6.10 Å². The van der Waals surface area contributed by atoms with Gasteiger partial charge in [-0.15, -0.1) is 0 Å². The molecule has 0 radical (unpaired) electrons. The number of hydrogen-bond donors (Lipinski definition) is 1. The fourth-order valence-corrected chi connectivity index (χ4v) is 4.61. The Labute approximate surface area is 218 Å². The Morgan fingerprint density at radius 1 is 1.08 bits per heavy atom. The Morgan fingerprint density at radius 2 is 1.81 bits per heavy atom. The van der Waals surface area contributed by atoms with E-state index in [0.29, 0.717) is 39.2 Å². The molecule has 8 nitrogen and oxygen atoms in total. The van der Waals surface area contributed by atoms with Crippen molar-refractivity contribution in [3.8, 4) is 11.5 Å². The standard InChI is InChI=1S/C29H37NO7/c1-3-4-5-8-16-30-24-9-6-7-10-25(24)37-26(27(30)31)15-17-34-23-13-11-21(12-14-23)18-22-19-35-29(2,28(32)33)36-20-22/h6-7,9-14,22,26H,3-5,8,15-20H2,1-2H3,(H,32,33)/t22-,26?,29+. The quantitative estimate of drug-likeness (QED) is 0.408. The van der Waals surface area contributed by atoms with Crippen molar-refractivity contribution in [2.75, 3.05) is 31.3 Å². The first-order valence-electron chi connectivity index (χ1n) is 13.2. The molecule has 0 spiro atoms. The highest BCUT2D eigenvalue weighted by Gasteiger charge is 2.40. The van der Waals surface area contributed by atoms with Gasteiger partial charge in [0, 0.05) is 25.8 Å². The van der Waals surface area contributed by atoms with Crippen molar-refractivity contribution in [1.82, 2.24) is 0 Å². The van der Waals surface area contributed by atoms with E-state index in [1.54, 1.807) is 0 Å². The first-order chi connectivity index (χ1) is 17.9. The fraction of sp³-hybridized carbons (Fsp3) is 0.517. The number of anilines is 1. The number of rotatable bonds is 12. The molecule has 0 saturated carbocycles. The van der Waals surface area contributed by atoms with E-state index in [-0.39, 0.29) is 11.8 Å². The van der Waals surface area contributed by atoms with Crippen molar-refractivity contribution >= 4 is 17.6 Å². The Balaban J connectivity index is 1.26. The lowest BCUT2D eigenvalue weighted by atomic mass is 9.99. The van der Waals surface area contributed by atoms with Gasteiger partial charge in [0.25, 0.3) is 11.7 Å². The Bertz CT molecular complexity index is 1050. The number of hydrogen-bond acceptors (Lipinski definition) is 6. The highest BCUT2D eigenvalue weighted by Crippen LogP contribution is 2.35. The SMILES string of the molecule is CCCCCCN1C(=O)C(CCOc2ccc(C[C@H]3CO[C@@](C)(C(=O)O)OC3)cc2)Oc2ccccc21. The highest BCUT2D eigenvalue weighted by molar-refractivity contribution is 6.00. The first kappa shape index (κ1) is 26.9. The van der Waals surface area contributed by atoms with Crippen LogP contribution in [0.5, 0.6) is 11.5 Å². The minimum atomic E-state index is -1.56. The third-order valence-electron chi connectivity index (χ3n) is 6.88. The maximum Gasteiger partial charge on any atom is 0.364 e. The molecule has 37 heavy (non-hydrogen) atoms. The number of carboxylic acid groups (broad SMARTS) is 1. The number of unbranched alkanes of at least 4 members (excludes halogenated alkanes) is 3. The summed E-state index contributed by atoms with van der Waals surface area (Å²) in [5.74, 6) is -1.14. The third-order valence-corrected chi connectivity index (χ3v) is 6.88. The normalized spacial score (nSPS) is 23.3. The second-order valence-corrected chi connectivity index (χ2v) is 9.85. The molecule has 1 fully saturated rings. The zero-order valence-corrected chi connectivity index (χ0v) is 21.7. The van der Waals surface area contributed by atoms with E-state index in [0.717, 1.165) is 42.0 Å². The minimum Gasteiger partial charge on any atom is -0.493 e. The molecule has 2 aromatic carbocycles. The van der Waals surface area contributed by atoms with Gasteiger partial charge < -0.3 is 29.0 Å². The molecule has 2 aromatic rings. The number of para-hydroxylation sites is 2. The molecule has 2 heterocycles. The number of amides is 1. The number of carboxylic acids is 1. The molecular weight excluding hydrogens is 474 g/mol. The molecule has 1 unspecified atom stereocenters. The Hall–Kier alpha value is -3.10. The van der Waals surface area contributed by atoms with Crippen molar-refractivity contribution in [2.24, 2.45) is 5.92 Å². The molecule has 1 saturated heterocycles. The van der Waals surface area contributed by atoms with Crippen molar-refractivity contribution in [3.63, 3.8) is 0 Å². The van der Waals surface area contributed by atoms with E-state index in [4.69, 9.17) is 18.9 Å². The molecule has 2 aliphatic heterocycles. The summed E-state index contributed by atoms with van der Waals surface area (Å²) in [5.41, 5.74) is 1.93. The van der Waals surface area contributed by atoms with E-state index < -0.39 is 17.9 Å². The zero-order chi connectivity index (χ0) is 26.3. The summed E-state index contributed by atoms with van der Waals surface area (Å²) in [5, 5.41) is 9.19. The van der Waals surface area contributed by atoms with Gasteiger partial charge in [-0.1, -0.05) is 50.5 Å². The number of carbonyl (C=O) groups is 2. The van der Waals surface area contributed by atoms with Crippen LogP contribution in [0.25, 0.3) is 0 Å². The van der Waals surface area contributed by atoms with Crippen LogP contribution < -0.4 is 14.4 Å². The van der Waals surface area contributed by atoms with Crippen LogP contribution in [0.2, 0.25) is 0 Å². The zero-order valence-electron chi connectivity index (χ0n) is 21.7. The van der Waals surface area contributed by atoms with Crippen LogP contribution in [0.1, 0.15) is 51.5 Å². The van der Waals surface area contributed by atoms with Crippen molar-refractivity contribution in [3.05, 3.63) is 54.1 Å². The average molecular weight is 512 g/mol. The summed E-state index contributed by atoms with van der Waals surface area (Å²) in [6.45, 7) is 5.32. The van der Waals surface area contributed by atoms with E-state index in [1.165, 1.54) is 13.3 Å². The molecular formula is C29H37NO7. The van der Waals surface area contributed by atoms with Crippen LogP contribution in [0.4, 0.5) is 5.69 Å². The van der Waals surface area contributed by atoms with Crippen LogP contribution >= 0.6 is 0 Å². The van der Waals surface area contributed by atoms with Gasteiger partial charge in [0.05, 0.1) is 25.5 Å². The van der Waals surface area contributed by atoms with E-state index in [2.05, 4.69) is 6.92 Å². The number of aliphatic carboxylic acids is 1. The lowest BCUT2D eigenvalue weighted by Gasteiger charge is -2.34. The maximum atomic E-state index is 13.2. The molecule has 1 N–H and O–H groups in total. The summed E-state index contributed by atoms with van der Waals surface area (Å²) < 4.78 is 22.8. The number of carbonyl (C=O) groups excluding carboxylic acids is 1. The van der Waals surface area contributed by atoms with Crippen LogP contribution in [-0.4, -0.2) is 55.2 Å². The summed E-state index contributed by atoms with van der Waals surface area (Å²) in [4.78, 5) is 26.3. The smallest absolute Gasteiger partial charge is 0.364 e. The van der Waals surface area contributed by atoms with E-state index in [9.17, 15) is 14.7 Å². The lowest BCUT2D eigenvalue weighted by molar-refractivity contribution is -0.270. The van der Waals surface area contributed by atoms with Gasteiger partial charge >= 0.3 is 5.97 Å². The minimum absolute atomic E-state index is 0.00920. The van der Waals surface area contributed by atoms with Crippen molar-refractivity contribution < 1.29 is 33.6 Å². The van der Waals surface area contributed by atoms with Crippen LogP contribution in [0.15, 0.2) is 48.5 Å². The Morgan fingerprint density at radius 3 is 2.51 bits per heavy atom. The number of benzene rings is 2. The molecule has 1 atom stereocenters. The van der Waals surface area contributed by atoms with Gasteiger partial charge in [-0.2, -0.15) is 0 Å². The summed E-state index contributed by atoms with van der Waals surface area (Å²) in [7, 11) is 0. The second kappa shape index (κ2) is 12.4. The maximum absolute atomic E-state index is 13.2. The molecule has 2 aliphatic rings. The second-order valence-electron chi connectivity index (χ2n) is 9.85. The van der Waals surface area contributed by atoms with Gasteiger partial charge in [-0.3, -0.25) is 4.79 Å².